The van der Waals surface area contributed by atoms with Crippen LogP contribution < -0.4 is 5.32 Å². The number of hydrogen-bond acceptors (Lipinski definition) is 4. The Kier molecular flexibility index (Phi) is 4.70. The normalized spacial score (nSPS) is 25.6. The number of piperidine rings is 2. The van der Waals surface area contributed by atoms with E-state index in [4.69, 9.17) is 4.42 Å². The summed E-state index contributed by atoms with van der Waals surface area (Å²) in [6.07, 6.45) is 2.43. The van der Waals surface area contributed by atoms with Crippen LogP contribution in [0, 0.1) is 19.3 Å². The number of fused-ring (bicyclic) bond motifs is 2. The maximum Gasteiger partial charge on any atom is 0.290 e. The van der Waals surface area contributed by atoms with Crippen molar-refractivity contribution in [2.24, 2.45) is 5.41 Å². The molecule has 150 valence electrons. The zero-order valence-corrected chi connectivity index (χ0v) is 17.2. The predicted molar refractivity (Wildman–Crippen MR) is 108 cm³/mol. The highest BCUT2D eigenvalue weighted by Gasteiger charge is 2.53. The van der Waals surface area contributed by atoms with Crippen molar-refractivity contribution < 1.29 is 14.0 Å². The van der Waals surface area contributed by atoms with Gasteiger partial charge >= 0.3 is 0 Å². The van der Waals surface area contributed by atoms with Crippen LogP contribution >= 0.6 is 0 Å². The summed E-state index contributed by atoms with van der Waals surface area (Å²) in [6, 6.07) is 5.88. The van der Waals surface area contributed by atoms with Crippen LogP contribution in [-0.2, 0) is 4.79 Å². The fourth-order valence-corrected chi connectivity index (χ4v) is 5.06. The molecule has 2 saturated heterocycles. The van der Waals surface area contributed by atoms with Crippen LogP contribution in [0.1, 0.15) is 40.9 Å². The lowest BCUT2D eigenvalue weighted by atomic mass is 9.67. The third-order valence-corrected chi connectivity index (χ3v) is 6.69. The highest BCUT2D eigenvalue weighted by atomic mass is 16.3. The standard InChI is InChI=1S/C22H29N3O3/c1-14-6-7-16-15(2)19(28-17(16)12-14)20(26)25-10-5-8-22(21(27)23-3)9-11-24(4)13-18(22)25/h6-7,12,18H,5,8-11,13H2,1-4H3,(H,23,27)/t18-,22+/m0/s1. The topological polar surface area (TPSA) is 65.8 Å². The number of benzene rings is 1. The van der Waals surface area contributed by atoms with E-state index in [9.17, 15) is 9.59 Å². The van der Waals surface area contributed by atoms with E-state index in [0.29, 0.717) is 18.8 Å². The fraction of sp³-hybridized carbons (Fsp3) is 0.545. The van der Waals surface area contributed by atoms with Gasteiger partial charge in [0.15, 0.2) is 5.76 Å². The Morgan fingerprint density at radius 2 is 2.00 bits per heavy atom. The maximum absolute atomic E-state index is 13.6. The lowest BCUT2D eigenvalue weighted by molar-refractivity contribution is -0.141. The van der Waals surface area contributed by atoms with Crippen LogP contribution in [0.2, 0.25) is 0 Å². The molecule has 0 spiro atoms. The monoisotopic (exact) mass is 383 g/mol. The van der Waals surface area contributed by atoms with Crippen LogP contribution in [-0.4, -0.2) is 61.4 Å². The lowest BCUT2D eigenvalue weighted by Gasteiger charge is -2.53. The molecule has 0 saturated carbocycles. The van der Waals surface area contributed by atoms with Gasteiger partial charge in [0.25, 0.3) is 5.91 Å². The van der Waals surface area contributed by atoms with Gasteiger partial charge < -0.3 is 19.5 Å². The number of nitrogens with zero attached hydrogens (tertiary/aromatic N) is 2. The minimum atomic E-state index is -0.508. The summed E-state index contributed by atoms with van der Waals surface area (Å²) in [5, 5.41) is 3.84. The molecular weight excluding hydrogens is 354 g/mol. The molecule has 0 radical (unpaired) electrons. The minimum absolute atomic E-state index is 0.0556. The molecule has 2 aromatic rings. The average molecular weight is 383 g/mol. The molecule has 28 heavy (non-hydrogen) atoms. The lowest BCUT2D eigenvalue weighted by Crippen LogP contribution is -2.66. The van der Waals surface area contributed by atoms with E-state index < -0.39 is 5.41 Å². The summed E-state index contributed by atoms with van der Waals surface area (Å²) in [6.45, 7) is 6.19. The Morgan fingerprint density at radius 1 is 1.21 bits per heavy atom. The van der Waals surface area contributed by atoms with E-state index in [0.717, 1.165) is 47.9 Å². The van der Waals surface area contributed by atoms with Crippen LogP contribution in [0.3, 0.4) is 0 Å². The summed E-state index contributed by atoms with van der Waals surface area (Å²) in [5.74, 6) is 0.362. The van der Waals surface area contributed by atoms with Gasteiger partial charge in [-0.2, -0.15) is 0 Å². The molecule has 2 atom stereocenters. The van der Waals surface area contributed by atoms with Crippen molar-refractivity contribution in [3.63, 3.8) is 0 Å². The first-order chi connectivity index (χ1) is 13.4. The smallest absolute Gasteiger partial charge is 0.290 e. The molecule has 3 heterocycles. The molecule has 2 aliphatic heterocycles. The first-order valence-corrected chi connectivity index (χ1v) is 10.1. The van der Waals surface area contributed by atoms with E-state index >= 15 is 0 Å². The van der Waals surface area contributed by atoms with Gasteiger partial charge in [-0.05, 0) is 58.3 Å². The van der Waals surface area contributed by atoms with Gasteiger partial charge in [-0.1, -0.05) is 12.1 Å². The summed E-state index contributed by atoms with van der Waals surface area (Å²) in [7, 11) is 3.75. The number of aryl methyl sites for hydroxylation is 2. The van der Waals surface area contributed by atoms with Gasteiger partial charge in [-0.3, -0.25) is 9.59 Å². The SMILES string of the molecule is CNC(=O)[C@@]12CCCN(C(=O)c3oc4cc(C)ccc4c3C)[C@H]1CN(C)CC2. The van der Waals surface area contributed by atoms with Gasteiger partial charge in [0.2, 0.25) is 5.91 Å². The van der Waals surface area contributed by atoms with E-state index in [2.05, 4.69) is 17.3 Å². The Labute approximate surface area is 165 Å². The Hall–Kier alpha value is -2.34. The van der Waals surface area contributed by atoms with Crippen molar-refractivity contribution in [3.8, 4) is 0 Å². The minimum Gasteiger partial charge on any atom is -0.451 e. The highest BCUT2D eigenvalue weighted by molar-refractivity contribution is 5.99. The zero-order chi connectivity index (χ0) is 20.1. The van der Waals surface area contributed by atoms with E-state index in [1.165, 1.54) is 0 Å². The number of carbonyl (C=O) groups excluding carboxylic acids is 2. The number of nitrogens with one attached hydrogen (secondary N) is 1. The zero-order valence-electron chi connectivity index (χ0n) is 17.2. The van der Waals surface area contributed by atoms with E-state index in [-0.39, 0.29) is 17.9 Å². The second-order valence-electron chi connectivity index (χ2n) is 8.42. The molecule has 2 fully saturated rings. The molecule has 1 aromatic carbocycles. The fourth-order valence-electron chi connectivity index (χ4n) is 5.06. The third-order valence-electron chi connectivity index (χ3n) is 6.69. The number of amides is 2. The molecule has 6 nitrogen and oxygen atoms in total. The number of likely N-dealkylation sites (tertiary alicyclic amines) is 2. The number of rotatable bonds is 2. The summed E-state index contributed by atoms with van der Waals surface area (Å²) in [4.78, 5) is 30.6. The van der Waals surface area contributed by atoms with Crippen molar-refractivity contribution in [1.29, 1.82) is 0 Å². The average Bonchev–Trinajstić information content (AvgIpc) is 3.02. The van der Waals surface area contributed by atoms with Gasteiger partial charge in [-0.25, -0.2) is 0 Å². The van der Waals surface area contributed by atoms with Gasteiger partial charge in [0.1, 0.15) is 5.58 Å². The molecule has 1 aromatic heterocycles. The first kappa shape index (κ1) is 19.0. The van der Waals surface area contributed by atoms with E-state index in [1.807, 2.05) is 36.9 Å². The Balaban J connectivity index is 1.74. The van der Waals surface area contributed by atoms with Crippen molar-refractivity contribution in [3.05, 3.63) is 35.1 Å². The van der Waals surface area contributed by atoms with Crippen LogP contribution in [0.15, 0.2) is 22.6 Å². The molecule has 6 heteroatoms. The largest absolute Gasteiger partial charge is 0.451 e. The number of carbonyl (C=O) groups is 2. The summed E-state index contributed by atoms with van der Waals surface area (Å²) < 4.78 is 6.02. The molecule has 1 N–H and O–H groups in total. The van der Waals surface area contributed by atoms with Gasteiger partial charge in [-0.15, -0.1) is 0 Å². The van der Waals surface area contributed by atoms with Crippen molar-refractivity contribution in [1.82, 2.24) is 15.1 Å². The quantitative estimate of drug-likeness (QED) is 0.866. The second-order valence-corrected chi connectivity index (χ2v) is 8.42. The Bertz CT molecular complexity index is 934. The third kappa shape index (κ3) is 2.82. The van der Waals surface area contributed by atoms with Crippen molar-refractivity contribution in [2.45, 2.75) is 39.2 Å². The molecular formula is C22H29N3O3. The number of furan rings is 1. The van der Waals surface area contributed by atoms with Crippen LogP contribution in [0.25, 0.3) is 11.0 Å². The number of likely N-dealkylation sites (N-methyl/N-ethyl adjacent to an activating group) is 1. The van der Waals surface area contributed by atoms with Crippen LogP contribution in [0.5, 0.6) is 0 Å². The predicted octanol–water partition coefficient (Wildman–Crippen LogP) is 2.72. The first-order valence-electron chi connectivity index (χ1n) is 10.1. The van der Waals surface area contributed by atoms with Crippen LogP contribution in [0.4, 0.5) is 0 Å². The molecule has 2 aliphatic rings. The van der Waals surface area contributed by atoms with Crippen molar-refractivity contribution >= 4 is 22.8 Å². The van der Waals surface area contributed by atoms with Crippen molar-refractivity contribution in [2.75, 3.05) is 33.7 Å². The molecule has 0 aliphatic carbocycles. The van der Waals surface area contributed by atoms with Gasteiger partial charge in [0.05, 0.1) is 11.5 Å². The Morgan fingerprint density at radius 3 is 2.75 bits per heavy atom. The maximum atomic E-state index is 13.6. The highest BCUT2D eigenvalue weighted by Crippen LogP contribution is 2.43. The molecule has 0 unspecified atom stereocenters. The molecule has 0 bridgehead atoms. The number of hydrogen-bond donors (Lipinski definition) is 1. The molecule has 2 amide bonds. The summed E-state index contributed by atoms with van der Waals surface area (Å²) >= 11 is 0. The van der Waals surface area contributed by atoms with E-state index in [1.54, 1.807) is 7.05 Å². The summed E-state index contributed by atoms with van der Waals surface area (Å²) in [5.41, 5.74) is 2.22. The second kappa shape index (κ2) is 6.92. The molecule has 4 rings (SSSR count). The van der Waals surface area contributed by atoms with Gasteiger partial charge in [0, 0.05) is 31.1 Å².